The van der Waals surface area contributed by atoms with Crippen molar-refractivity contribution < 1.29 is 0 Å². The van der Waals surface area contributed by atoms with E-state index >= 15 is 0 Å². The molecule has 2 unspecified atom stereocenters. The van der Waals surface area contributed by atoms with Crippen molar-refractivity contribution in [2.75, 3.05) is 25.5 Å². The minimum Gasteiger partial charge on any atom is -0.366 e. The van der Waals surface area contributed by atoms with Crippen molar-refractivity contribution in [2.45, 2.75) is 32.7 Å². The summed E-state index contributed by atoms with van der Waals surface area (Å²) in [5, 5.41) is 5.05. The molecule has 0 radical (unpaired) electrons. The lowest BCUT2D eigenvalue weighted by Crippen LogP contribution is -2.43. The zero-order valence-electron chi connectivity index (χ0n) is 12.7. The predicted molar refractivity (Wildman–Crippen MR) is 90.5 cm³/mol. The highest BCUT2D eigenvalue weighted by atomic mass is 35.5. The quantitative estimate of drug-likeness (QED) is 0.875. The van der Waals surface area contributed by atoms with E-state index < -0.39 is 0 Å². The summed E-state index contributed by atoms with van der Waals surface area (Å²) in [5.41, 5.74) is 0. The molecule has 0 aliphatic carbocycles. The molecular formula is C15H21ClN4S. The van der Waals surface area contributed by atoms with Crippen LogP contribution in [0.1, 0.15) is 25.1 Å². The van der Waals surface area contributed by atoms with Crippen LogP contribution in [0.25, 0.3) is 10.2 Å². The van der Waals surface area contributed by atoms with Crippen LogP contribution in [0.3, 0.4) is 0 Å². The van der Waals surface area contributed by atoms with E-state index in [0.717, 1.165) is 42.0 Å². The summed E-state index contributed by atoms with van der Waals surface area (Å²) in [6.07, 6.45) is 2.15. The van der Waals surface area contributed by atoms with Gasteiger partial charge in [0.1, 0.15) is 10.6 Å². The van der Waals surface area contributed by atoms with E-state index in [9.17, 15) is 0 Å². The number of fused-ring (bicyclic) bond motifs is 1. The highest BCUT2D eigenvalue weighted by Crippen LogP contribution is 2.32. The number of nitrogens with zero attached hydrogens (tertiary/aromatic N) is 3. The van der Waals surface area contributed by atoms with E-state index in [1.807, 2.05) is 0 Å². The Balaban J connectivity index is 1.90. The zero-order chi connectivity index (χ0) is 15.0. The maximum absolute atomic E-state index is 6.09. The minimum absolute atomic E-state index is 0.329. The smallest absolute Gasteiger partial charge is 0.225 e. The van der Waals surface area contributed by atoms with E-state index in [1.165, 1.54) is 4.88 Å². The van der Waals surface area contributed by atoms with Gasteiger partial charge < -0.3 is 10.2 Å². The highest BCUT2D eigenvalue weighted by molar-refractivity contribution is 7.18. The van der Waals surface area contributed by atoms with Crippen molar-refractivity contribution in [1.82, 2.24) is 14.9 Å². The summed E-state index contributed by atoms with van der Waals surface area (Å²) in [7, 11) is 2.18. The van der Waals surface area contributed by atoms with Gasteiger partial charge in [0, 0.05) is 17.5 Å². The Morgan fingerprint density at radius 3 is 3.00 bits per heavy atom. The van der Waals surface area contributed by atoms with Gasteiger partial charge in [0.25, 0.3) is 0 Å². The number of hydrogen-bond acceptors (Lipinski definition) is 5. The van der Waals surface area contributed by atoms with Crippen molar-refractivity contribution in [3.05, 3.63) is 16.2 Å². The maximum Gasteiger partial charge on any atom is 0.225 e. The Morgan fingerprint density at radius 2 is 2.29 bits per heavy atom. The molecular weight excluding hydrogens is 304 g/mol. The van der Waals surface area contributed by atoms with Crippen LogP contribution < -0.4 is 5.32 Å². The van der Waals surface area contributed by atoms with Crippen LogP contribution >= 0.6 is 22.9 Å². The molecule has 6 heteroatoms. The second kappa shape index (κ2) is 6.07. The lowest BCUT2D eigenvalue weighted by Gasteiger charge is -2.35. The number of aromatic nitrogens is 2. The average molecular weight is 325 g/mol. The third-order valence-corrected chi connectivity index (χ3v) is 5.54. The number of piperidine rings is 1. The van der Waals surface area contributed by atoms with Gasteiger partial charge in [0.05, 0.1) is 5.39 Å². The van der Waals surface area contributed by atoms with E-state index in [-0.39, 0.29) is 0 Å². The number of hydrogen-bond donors (Lipinski definition) is 1. The van der Waals surface area contributed by atoms with Gasteiger partial charge in [-0.2, -0.15) is 0 Å². The van der Waals surface area contributed by atoms with Crippen LogP contribution in [-0.4, -0.2) is 41.0 Å². The van der Waals surface area contributed by atoms with Gasteiger partial charge in [-0.25, -0.2) is 9.97 Å². The number of thiophene rings is 1. The van der Waals surface area contributed by atoms with Crippen LogP contribution in [-0.2, 0) is 6.42 Å². The van der Waals surface area contributed by atoms with Crippen molar-refractivity contribution in [2.24, 2.45) is 5.92 Å². The lowest BCUT2D eigenvalue weighted by molar-refractivity contribution is 0.206. The van der Waals surface area contributed by atoms with Gasteiger partial charge in [0.15, 0.2) is 0 Å². The zero-order valence-corrected chi connectivity index (χ0v) is 14.3. The molecule has 0 bridgehead atoms. The van der Waals surface area contributed by atoms with Crippen molar-refractivity contribution in [1.29, 1.82) is 0 Å². The molecule has 4 nitrogen and oxygen atoms in total. The minimum atomic E-state index is 0.329. The first-order chi connectivity index (χ1) is 10.1. The van der Waals surface area contributed by atoms with Crippen LogP contribution in [0, 0.1) is 5.92 Å². The molecule has 2 aromatic heterocycles. The van der Waals surface area contributed by atoms with Crippen LogP contribution in [0.4, 0.5) is 5.82 Å². The van der Waals surface area contributed by atoms with Gasteiger partial charge in [0.2, 0.25) is 5.28 Å². The molecule has 21 heavy (non-hydrogen) atoms. The molecule has 2 atom stereocenters. The Kier molecular flexibility index (Phi) is 4.33. The van der Waals surface area contributed by atoms with Crippen molar-refractivity contribution in [3.63, 3.8) is 0 Å². The number of halogens is 1. The SMILES string of the molecule is CCc1cc2c(NC3CCN(C)CC3C)nc(Cl)nc2s1. The number of likely N-dealkylation sites (tertiary alicyclic amines) is 1. The lowest BCUT2D eigenvalue weighted by atomic mass is 9.94. The number of rotatable bonds is 3. The Labute approximate surface area is 134 Å². The summed E-state index contributed by atoms with van der Waals surface area (Å²) in [6, 6.07) is 2.64. The van der Waals surface area contributed by atoms with E-state index in [4.69, 9.17) is 11.6 Å². The molecule has 1 saturated heterocycles. The summed E-state index contributed by atoms with van der Waals surface area (Å²) < 4.78 is 0. The molecule has 114 valence electrons. The van der Waals surface area contributed by atoms with Gasteiger partial charge in [-0.1, -0.05) is 13.8 Å². The first kappa shape index (κ1) is 15.0. The molecule has 1 N–H and O–H groups in total. The van der Waals surface area contributed by atoms with Crippen molar-refractivity contribution >= 4 is 39.0 Å². The summed E-state index contributed by atoms with van der Waals surface area (Å²) in [5.74, 6) is 1.49. The normalized spacial score (nSPS) is 23.6. The Bertz CT molecular complexity index is 642. The van der Waals surface area contributed by atoms with Crippen molar-refractivity contribution in [3.8, 4) is 0 Å². The molecule has 0 amide bonds. The fraction of sp³-hybridized carbons (Fsp3) is 0.600. The molecule has 1 aliphatic rings. The van der Waals surface area contributed by atoms with Gasteiger partial charge in [-0.05, 0) is 50.0 Å². The fourth-order valence-electron chi connectivity index (χ4n) is 2.97. The standard InChI is InChI=1S/C15H21ClN4S/c1-4-10-7-11-13(18-15(16)19-14(11)21-10)17-12-5-6-20(3)8-9(12)2/h7,9,12H,4-6,8H2,1-3H3,(H,17,18,19). The molecule has 0 aromatic carbocycles. The number of nitrogens with one attached hydrogen (secondary N) is 1. The fourth-order valence-corrected chi connectivity index (χ4v) is 4.16. The molecule has 1 aliphatic heterocycles. The van der Waals surface area contributed by atoms with Crippen LogP contribution in [0.15, 0.2) is 6.07 Å². The number of anilines is 1. The summed E-state index contributed by atoms with van der Waals surface area (Å²) in [4.78, 5) is 13.5. The molecule has 3 heterocycles. The topological polar surface area (TPSA) is 41.0 Å². The van der Waals surface area contributed by atoms with Crippen LogP contribution in [0.2, 0.25) is 5.28 Å². The van der Waals surface area contributed by atoms with Gasteiger partial charge >= 0.3 is 0 Å². The van der Waals surface area contributed by atoms with Crippen LogP contribution in [0.5, 0.6) is 0 Å². The molecule has 0 saturated carbocycles. The molecule has 3 rings (SSSR count). The number of aryl methyl sites for hydroxylation is 1. The van der Waals surface area contributed by atoms with Gasteiger partial charge in [-0.15, -0.1) is 11.3 Å². The first-order valence-electron chi connectivity index (χ1n) is 7.48. The van der Waals surface area contributed by atoms with Gasteiger partial charge in [-0.3, -0.25) is 0 Å². The second-order valence-corrected chi connectivity index (χ2v) is 7.36. The molecule has 1 fully saturated rings. The third-order valence-electron chi connectivity index (χ3n) is 4.20. The van der Waals surface area contributed by atoms with E-state index in [2.05, 4.69) is 47.1 Å². The monoisotopic (exact) mass is 324 g/mol. The Morgan fingerprint density at radius 1 is 1.48 bits per heavy atom. The average Bonchev–Trinajstić information content (AvgIpc) is 2.85. The van der Waals surface area contributed by atoms with E-state index in [0.29, 0.717) is 17.2 Å². The largest absolute Gasteiger partial charge is 0.366 e. The molecule has 2 aromatic rings. The Hall–Kier alpha value is -0.910. The maximum atomic E-state index is 6.09. The molecule has 0 spiro atoms. The first-order valence-corrected chi connectivity index (χ1v) is 8.67. The predicted octanol–water partition coefficient (Wildman–Crippen LogP) is 3.66. The van der Waals surface area contributed by atoms with E-state index in [1.54, 1.807) is 11.3 Å². The highest BCUT2D eigenvalue weighted by Gasteiger charge is 2.25. The second-order valence-electron chi connectivity index (χ2n) is 5.91. The summed E-state index contributed by atoms with van der Waals surface area (Å²) in [6.45, 7) is 6.68. The third kappa shape index (κ3) is 3.15. The summed E-state index contributed by atoms with van der Waals surface area (Å²) >= 11 is 7.79.